The van der Waals surface area contributed by atoms with Crippen LogP contribution >= 0.6 is 0 Å². The van der Waals surface area contributed by atoms with Crippen LogP contribution < -0.4 is 10.6 Å². The molecule has 2 atom stereocenters. The number of aromatic nitrogens is 4. The summed E-state index contributed by atoms with van der Waals surface area (Å²) in [5.41, 5.74) is -0.351. The van der Waals surface area contributed by atoms with Crippen molar-refractivity contribution in [3.63, 3.8) is 0 Å². The Kier molecular flexibility index (Phi) is 5.93. The number of fused-ring (bicyclic) bond motifs is 2. The Hall–Kier alpha value is -2.61. The van der Waals surface area contributed by atoms with E-state index < -0.39 is 5.54 Å². The Morgan fingerprint density at radius 1 is 0.939 bits per heavy atom. The first kappa shape index (κ1) is 23.5. The van der Waals surface area contributed by atoms with Gasteiger partial charge in [-0.15, -0.1) is 5.10 Å². The molecule has 0 aromatic carbocycles. The Bertz CT molecular complexity index is 993. The van der Waals surface area contributed by atoms with E-state index >= 15 is 0 Å². The number of hydrogen-bond acceptors (Lipinski definition) is 7. The molecular weight excluding hydrogens is 412 g/mol. The molecule has 178 valence electrons. The first-order valence-electron chi connectivity index (χ1n) is 12.5. The SMILES string of the molecule is CC(C)(C)CC(C)(C)n1nnnc1C12CCCCC1C1(CCCCC1)NC(C#N)=C(C#N)N2. The van der Waals surface area contributed by atoms with Gasteiger partial charge in [0.15, 0.2) is 5.82 Å². The molecule has 8 nitrogen and oxygen atoms in total. The number of nitrogens with zero attached hydrogens (tertiary/aromatic N) is 6. The second kappa shape index (κ2) is 8.31. The van der Waals surface area contributed by atoms with Crippen LogP contribution in [0.25, 0.3) is 0 Å². The molecule has 4 rings (SSSR count). The Balaban J connectivity index is 1.92. The summed E-state index contributed by atoms with van der Waals surface area (Å²) in [5, 5.41) is 40.6. The highest BCUT2D eigenvalue weighted by molar-refractivity contribution is 5.40. The van der Waals surface area contributed by atoms with Gasteiger partial charge in [0.25, 0.3) is 0 Å². The Morgan fingerprint density at radius 3 is 2.21 bits per heavy atom. The van der Waals surface area contributed by atoms with Gasteiger partial charge < -0.3 is 10.6 Å². The van der Waals surface area contributed by atoms with Crippen molar-refractivity contribution in [2.24, 2.45) is 11.3 Å². The zero-order valence-electron chi connectivity index (χ0n) is 20.8. The third-order valence-corrected chi connectivity index (χ3v) is 7.92. The minimum absolute atomic E-state index is 0.102. The standard InChI is InChI=1S/C25H38N8/c1-22(2,3)17-23(4,5)33-21(30-31-32-33)25-14-10-7-11-20(25)24(12-8-6-9-13-24)28-18(15-26)19(16-27)29-25/h20,28-29H,6-14,17H2,1-5H3. The van der Waals surface area contributed by atoms with Crippen molar-refractivity contribution in [3.8, 4) is 12.1 Å². The van der Waals surface area contributed by atoms with Crippen molar-refractivity contribution in [2.75, 3.05) is 0 Å². The summed E-state index contributed by atoms with van der Waals surface area (Å²) in [5.74, 6) is 0.989. The van der Waals surface area contributed by atoms with E-state index in [0.29, 0.717) is 11.4 Å². The maximum absolute atomic E-state index is 10.1. The van der Waals surface area contributed by atoms with Crippen LogP contribution in [-0.2, 0) is 11.1 Å². The summed E-state index contributed by atoms with van der Waals surface area (Å²) in [4.78, 5) is 0. The number of nitrogens with one attached hydrogen (secondary N) is 2. The van der Waals surface area contributed by atoms with Gasteiger partial charge in [0, 0.05) is 11.5 Å². The number of tetrazole rings is 1. The first-order valence-corrected chi connectivity index (χ1v) is 12.5. The molecule has 1 aromatic heterocycles. The van der Waals surface area contributed by atoms with Gasteiger partial charge in [-0.25, -0.2) is 4.68 Å². The lowest BCUT2D eigenvalue weighted by atomic mass is 9.59. The molecule has 0 amide bonds. The largest absolute Gasteiger partial charge is 0.368 e. The van der Waals surface area contributed by atoms with E-state index in [-0.39, 0.29) is 22.4 Å². The summed E-state index contributed by atoms with van der Waals surface area (Å²) in [6.07, 6.45) is 10.4. The molecule has 2 aliphatic carbocycles. The predicted molar refractivity (Wildman–Crippen MR) is 125 cm³/mol. The molecule has 1 aliphatic heterocycles. The van der Waals surface area contributed by atoms with Crippen LogP contribution in [0, 0.1) is 34.0 Å². The lowest BCUT2D eigenvalue weighted by Crippen LogP contribution is -2.62. The van der Waals surface area contributed by atoms with Crippen LogP contribution in [0.4, 0.5) is 0 Å². The predicted octanol–water partition coefficient (Wildman–Crippen LogP) is 4.38. The van der Waals surface area contributed by atoms with Crippen LogP contribution in [0.5, 0.6) is 0 Å². The summed E-state index contributed by atoms with van der Waals surface area (Å²) in [7, 11) is 0. The van der Waals surface area contributed by atoms with E-state index in [9.17, 15) is 10.5 Å². The normalized spacial score (nSPS) is 27.5. The molecule has 1 spiro atoms. The highest BCUT2D eigenvalue weighted by Gasteiger charge is 2.58. The van der Waals surface area contributed by atoms with Gasteiger partial charge in [0.1, 0.15) is 29.1 Å². The monoisotopic (exact) mass is 450 g/mol. The van der Waals surface area contributed by atoms with Crippen molar-refractivity contribution in [1.29, 1.82) is 10.5 Å². The average molecular weight is 451 g/mol. The molecule has 2 N–H and O–H groups in total. The second-order valence-electron chi connectivity index (χ2n) is 12.2. The Morgan fingerprint density at radius 2 is 1.58 bits per heavy atom. The summed E-state index contributed by atoms with van der Waals surface area (Å²) in [6.45, 7) is 11.1. The fourth-order valence-electron chi connectivity index (χ4n) is 7.15. The molecule has 0 saturated heterocycles. The number of allylic oxidation sites excluding steroid dienone is 2. The molecule has 8 heteroatoms. The van der Waals surface area contributed by atoms with Gasteiger partial charge in [0.2, 0.25) is 0 Å². The van der Waals surface area contributed by atoms with Crippen molar-refractivity contribution in [3.05, 3.63) is 17.2 Å². The van der Waals surface area contributed by atoms with Crippen LogP contribution in [0.3, 0.4) is 0 Å². The average Bonchev–Trinajstić information content (AvgIpc) is 3.23. The lowest BCUT2D eigenvalue weighted by molar-refractivity contribution is 0.0302. The van der Waals surface area contributed by atoms with Crippen LogP contribution in [0.2, 0.25) is 0 Å². The minimum atomic E-state index is -0.592. The van der Waals surface area contributed by atoms with Gasteiger partial charge in [-0.05, 0) is 61.8 Å². The van der Waals surface area contributed by atoms with Crippen molar-refractivity contribution in [2.45, 2.75) is 115 Å². The third kappa shape index (κ3) is 4.09. The maximum Gasteiger partial charge on any atom is 0.177 e. The molecule has 33 heavy (non-hydrogen) atoms. The van der Waals surface area contributed by atoms with Crippen molar-refractivity contribution in [1.82, 2.24) is 30.8 Å². The Labute approximate surface area is 197 Å². The third-order valence-electron chi connectivity index (χ3n) is 7.92. The van der Waals surface area contributed by atoms with E-state index in [0.717, 1.165) is 63.6 Å². The minimum Gasteiger partial charge on any atom is -0.368 e. The topological polar surface area (TPSA) is 115 Å². The molecule has 2 unspecified atom stereocenters. The van der Waals surface area contributed by atoms with Gasteiger partial charge in [0.05, 0.1) is 5.54 Å². The molecule has 1 aromatic rings. The number of hydrogen-bond donors (Lipinski definition) is 2. The van der Waals surface area contributed by atoms with Gasteiger partial charge >= 0.3 is 0 Å². The highest BCUT2D eigenvalue weighted by atomic mass is 15.6. The zero-order chi connectivity index (χ0) is 23.9. The second-order valence-corrected chi connectivity index (χ2v) is 12.2. The van der Waals surface area contributed by atoms with Crippen molar-refractivity contribution >= 4 is 0 Å². The van der Waals surface area contributed by atoms with Crippen LogP contribution in [0.1, 0.15) is 105 Å². The first-order chi connectivity index (χ1) is 15.6. The van der Waals surface area contributed by atoms with E-state index in [1.807, 2.05) is 4.68 Å². The molecule has 3 aliphatic rings. The maximum atomic E-state index is 10.1. The lowest BCUT2D eigenvalue weighted by Gasteiger charge is -2.53. The number of rotatable bonds is 3. The fraction of sp³-hybridized carbons (Fsp3) is 0.800. The van der Waals surface area contributed by atoms with E-state index in [4.69, 9.17) is 0 Å². The van der Waals surface area contributed by atoms with Gasteiger partial charge in [-0.2, -0.15) is 10.5 Å². The van der Waals surface area contributed by atoms with Gasteiger partial charge in [-0.1, -0.05) is 52.9 Å². The highest BCUT2D eigenvalue weighted by Crippen LogP contribution is 2.53. The van der Waals surface area contributed by atoms with E-state index in [1.165, 1.54) is 6.42 Å². The molecule has 0 radical (unpaired) electrons. The molecule has 2 heterocycles. The van der Waals surface area contributed by atoms with Crippen molar-refractivity contribution < 1.29 is 0 Å². The quantitative estimate of drug-likeness (QED) is 0.702. The summed E-state index contributed by atoms with van der Waals surface area (Å²) < 4.78 is 2.01. The smallest absolute Gasteiger partial charge is 0.177 e. The van der Waals surface area contributed by atoms with E-state index in [1.54, 1.807) is 0 Å². The molecular formula is C25H38N8. The zero-order valence-corrected chi connectivity index (χ0v) is 20.8. The fourth-order valence-corrected chi connectivity index (χ4v) is 7.15. The van der Waals surface area contributed by atoms with Crippen LogP contribution in [0.15, 0.2) is 11.4 Å². The van der Waals surface area contributed by atoms with Crippen LogP contribution in [-0.4, -0.2) is 25.7 Å². The number of nitriles is 2. The summed E-state index contributed by atoms with van der Waals surface area (Å²) in [6, 6.07) is 4.58. The van der Waals surface area contributed by atoms with Gasteiger partial charge in [-0.3, -0.25) is 0 Å². The summed E-state index contributed by atoms with van der Waals surface area (Å²) >= 11 is 0. The van der Waals surface area contributed by atoms with E-state index in [2.05, 4.69) is 72.9 Å². The molecule has 0 bridgehead atoms. The molecule has 2 fully saturated rings. The molecule has 2 saturated carbocycles.